The molecule has 4 nitrogen and oxygen atoms in total. The van der Waals surface area contributed by atoms with E-state index in [1.54, 1.807) is 13.3 Å². The Labute approximate surface area is 70.1 Å². The zero-order valence-electron chi connectivity index (χ0n) is 6.69. The molecule has 0 aliphatic rings. The molecule has 1 heterocycles. The van der Waals surface area contributed by atoms with Gasteiger partial charge in [-0.25, -0.2) is 0 Å². The van der Waals surface area contributed by atoms with Crippen molar-refractivity contribution in [2.75, 3.05) is 12.8 Å². The Kier molecular flexibility index (Phi) is 2.53. The molecule has 4 heteroatoms. The number of aliphatic imine (C=N–C) groups is 1. The van der Waals surface area contributed by atoms with Crippen LogP contribution in [0.25, 0.3) is 0 Å². The molecular formula is C8H9N3O. The molecule has 0 spiro atoms. The third-order valence-electron chi connectivity index (χ3n) is 1.38. The van der Waals surface area contributed by atoms with Gasteiger partial charge in [0, 0.05) is 30.7 Å². The minimum absolute atomic E-state index is 0.334. The zero-order valence-corrected chi connectivity index (χ0v) is 6.69. The minimum atomic E-state index is 0.334. The van der Waals surface area contributed by atoms with Gasteiger partial charge in [-0.2, -0.15) is 0 Å². The van der Waals surface area contributed by atoms with Crippen LogP contribution in [0.1, 0.15) is 16.1 Å². The smallest absolute Gasteiger partial charge is 0.168 e. The topological polar surface area (TPSA) is 68.3 Å². The molecule has 0 saturated carbocycles. The second kappa shape index (κ2) is 3.61. The third kappa shape index (κ3) is 1.66. The van der Waals surface area contributed by atoms with E-state index in [-0.39, 0.29) is 0 Å². The number of anilines is 1. The lowest BCUT2D eigenvalue weighted by Gasteiger charge is -1.98. The monoisotopic (exact) mass is 163 g/mol. The van der Waals surface area contributed by atoms with Crippen molar-refractivity contribution < 1.29 is 4.79 Å². The van der Waals surface area contributed by atoms with E-state index in [9.17, 15) is 4.79 Å². The van der Waals surface area contributed by atoms with Gasteiger partial charge in [-0.1, -0.05) is 0 Å². The molecule has 12 heavy (non-hydrogen) atoms. The standard InChI is InChI=1S/C8H9N3O/c1-10-3-6-4-11-7(5-12)2-8(6)9/h2-5H,1H3,(H2,9,11). The van der Waals surface area contributed by atoms with Crippen LogP contribution in [0.5, 0.6) is 0 Å². The van der Waals surface area contributed by atoms with Crippen molar-refractivity contribution >= 4 is 18.2 Å². The van der Waals surface area contributed by atoms with Gasteiger partial charge in [0.2, 0.25) is 0 Å². The highest BCUT2D eigenvalue weighted by atomic mass is 16.1. The van der Waals surface area contributed by atoms with E-state index >= 15 is 0 Å². The van der Waals surface area contributed by atoms with Crippen LogP contribution in [-0.4, -0.2) is 24.5 Å². The molecule has 0 fully saturated rings. The molecule has 2 N–H and O–H groups in total. The fourth-order valence-corrected chi connectivity index (χ4v) is 0.810. The van der Waals surface area contributed by atoms with Gasteiger partial charge in [0.25, 0.3) is 0 Å². The highest BCUT2D eigenvalue weighted by Gasteiger charge is 1.97. The lowest BCUT2D eigenvalue weighted by atomic mass is 10.2. The Bertz CT molecular complexity index is 320. The third-order valence-corrected chi connectivity index (χ3v) is 1.38. The van der Waals surface area contributed by atoms with Gasteiger partial charge in [0.05, 0.1) is 0 Å². The van der Waals surface area contributed by atoms with E-state index in [2.05, 4.69) is 9.98 Å². The normalized spacial score (nSPS) is 10.4. The summed E-state index contributed by atoms with van der Waals surface area (Å²) in [5.41, 5.74) is 7.16. The van der Waals surface area contributed by atoms with E-state index in [0.717, 1.165) is 5.56 Å². The number of nitrogens with two attached hydrogens (primary N) is 1. The van der Waals surface area contributed by atoms with Gasteiger partial charge in [-0.3, -0.25) is 14.8 Å². The summed E-state index contributed by atoms with van der Waals surface area (Å²) in [6.45, 7) is 0. The molecule has 62 valence electrons. The lowest BCUT2D eigenvalue weighted by Crippen LogP contribution is -1.97. The van der Waals surface area contributed by atoms with Crippen LogP contribution in [0.2, 0.25) is 0 Å². The van der Waals surface area contributed by atoms with Crippen LogP contribution in [-0.2, 0) is 0 Å². The molecule has 0 radical (unpaired) electrons. The molecule has 1 rings (SSSR count). The second-order valence-corrected chi connectivity index (χ2v) is 2.24. The van der Waals surface area contributed by atoms with Crippen LogP contribution >= 0.6 is 0 Å². The summed E-state index contributed by atoms with van der Waals surface area (Å²) in [5.74, 6) is 0. The Morgan fingerprint density at radius 1 is 1.67 bits per heavy atom. The molecule has 0 saturated heterocycles. The van der Waals surface area contributed by atoms with Crippen molar-refractivity contribution in [3.8, 4) is 0 Å². The van der Waals surface area contributed by atoms with Crippen LogP contribution in [0.3, 0.4) is 0 Å². The summed E-state index contributed by atoms with van der Waals surface area (Å²) in [4.78, 5) is 17.9. The van der Waals surface area contributed by atoms with Crippen molar-refractivity contribution in [2.24, 2.45) is 4.99 Å². The van der Waals surface area contributed by atoms with Crippen molar-refractivity contribution in [3.63, 3.8) is 0 Å². The summed E-state index contributed by atoms with van der Waals surface area (Å²) in [6, 6.07) is 1.52. The van der Waals surface area contributed by atoms with Gasteiger partial charge in [-0.15, -0.1) is 0 Å². The Morgan fingerprint density at radius 2 is 2.42 bits per heavy atom. The molecular weight excluding hydrogens is 154 g/mol. The minimum Gasteiger partial charge on any atom is -0.398 e. The molecule has 1 aromatic rings. The van der Waals surface area contributed by atoms with Crippen LogP contribution < -0.4 is 5.73 Å². The van der Waals surface area contributed by atoms with Gasteiger partial charge in [0.15, 0.2) is 6.29 Å². The Morgan fingerprint density at radius 3 is 2.92 bits per heavy atom. The first-order chi connectivity index (χ1) is 5.77. The predicted octanol–water partition coefficient (Wildman–Crippen LogP) is 0.525. The van der Waals surface area contributed by atoms with E-state index < -0.39 is 0 Å². The molecule has 0 aromatic carbocycles. The van der Waals surface area contributed by atoms with Crippen molar-refractivity contribution in [1.82, 2.24) is 4.98 Å². The number of aromatic nitrogens is 1. The number of hydrogen-bond acceptors (Lipinski definition) is 4. The van der Waals surface area contributed by atoms with E-state index in [1.165, 1.54) is 12.3 Å². The first-order valence-electron chi connectivity index (χ1n) is 3.40. The van der Waals surface area contributed by atoms with Crippen LogP contribution in [0.4, 0.5) is 5.69 Å². The van der Waals surface area contributed by atoms with Crippen molar-refractivity contribution in [3.05, 3.63) is 23.5 Å². The lowest BCUT2D eigenvalue weighted by molar-refractivity contribution is 0.111. The fourth-order valence-electron chi connectivity index (χ4n) is 0.810. The number of hydrogen-bond donors (Lipinski definition) is 1. The number of aldehydes is 1. The summed E-state index contributed by atoms with van der Waals surface area (Å²) >= 11 is 0. The van der Waals surface area contributed by atoms with Gasteiger partial charge in [0.1, 0.15) is 5.69 Å². The second-order valence-electron chi connectivity index (χ2n) is 2.24. The van der Waals surface area contributed by atoms with Gasteiger partial charge < -0.3 is 5.73 Å². The molecule has 0 atom stereocenters. The zero-order chi connectivity index (χ0) is 8.97. The quantitative estimate of drug-likeness (QED) is 0.510. The fraction of sp³-hybridized carbons (Fsp3) is 0.125. The van der Waals surface area contributed by atoms with Crippen LogP contribution in [0.15, 0.2) is 17.3 Å². The number of pyridine rings is 1. The molecule has 0 unspecified atom stereocenters. The molecule has 1 aromatic heterocycles. The molecule has 0 amide bonds. The van der Waals surface area contributed by atoms with E-state index in [1.807, 2.05) is 0 Å². The van der Waals surface area contributed by atoms with Crippen LogP contribution in [0, 0.1) is 0 Å². The number of carbonyl (C=O) groups excluding carboxylic acids is 1. The summed E-state index contributed by atoms with van der Waals surface area (Å²) in [6.07, 6.45) is 3.77. The Hall–Kier alpha value is -1.71. The van der Waals surface area contributed by atoms with Crippen molar-refractivity contribution in [1.29, 1.82) is 0 Å². The highest BCUT2D eigenvalue weighted by Crippen LogP contribution is 2.07. The average molecular weight is 163 g/mol. The first-order valence-corrected chi connectivity index (χ1v) is 3.40. The maximum atomic E-state index is 10.3. The molecule has 0 aliphatic heterocycles. The van der Waals surface area contributed by atoms with Crippen molar-refractivity contribution in [2.45, 2.75) is 0 Å². The van der Waals surface area contributed by atoms with E-state index in [0.29, 0.717) is 17.7 Å². The highest BCUT2D eigenvalue weighted by molar-refractivity contribution is 5.88. The van der Waals surface area contributed by atoms with Gasteiger partial charge >= 0.3 is 0 Å². The SMILES string of the molecule is CN=Cc1cnc(C=O)cc1N. The average Bonchev–Trinajstić information content (AvgIpc) is 2.09. The number of nitrogen functional groups attached to an aromatic ring is 1. The first kappa shape index (κ1) is 8.39. The summed E-state index contributed by atoms with van der Waals surface area (Å²) in [5, 5.41) is 0. The molecule has 0 bridgehead atoms. The summed E-state index contributed by atoms with van der Waals surface area (Å²) < 4.78 is 0. The predicted molar refractivity (Wildman–Crippen MR) is 47.6 cm³/mol. The number of carbonyl (C=O) groups is 1. The van der Waals surface area contributed by atoms with Gasteiger partial charge in [-0.05, 0) is 6.07 Å². The molecule has 0 aliphatic carbocycles. The largest absolute Gasteiger partial charge is 0.398 e. The maximum absolute atomic E-state index is 10.3. The Balaban J connectivity index is 3.11. The maximum Gasteiger partial charge on any atom is 0.168 e. The van der Waals surface area contributed by atoms with E-state index in [4.69, 9.17) is 5.73 Å². The number of nitrogens with zero attached hydrogens (tertiary/aromatic N) is 2. The summed E-state index contributed by atoms with van der Waals surface area (Å²) in [7, 11) is 1.65. The number of rotatable bonds is 2.